The molecule has 5 heterocycles. The van der Waals surface area contributed by atoms with Gasteiger partial charge in [-0.15, -0.1) is 0 Å². The maximum absolute atomic E-state index is 13.8. The molecular weight excluding hydrogens is 1220 g/mol. The number of aromatic nitrogens is 4. The molecule has 3 aromatic heterocycles. The summed E-state index contributed by atoms with van der Waals surface area (Å²) in [5.74, 6) is -2.64. The van der Waals surface area contributed by atoms with Crippen LogP contribution in [-0.2, 0) is 72.8 Å². The van der Waals surface area contributed by atoms with Crippen LogP contribution in [0.5, 0.6) is 0 Å². The van der Waals surface area contributed by atoms with Gasteiger partial charge in [0.05, 0.1) is 55.2 Å². The first-order valence-electron chi connectivity index (χ1n) is 31.7. The van der Waals surface area contributed by atoms with Crippen molar-refractivity contribution in [3.8, 4) is 11.1 Å². The van der Waals surface area contributed by atoms with Crippen LogP contribution >= 0.6 is 11.3 Å². The standard InChI is InChI=1S/C65H84N10O15S2/c1-45-49(47-16-17-53(70-58(47)60(81)82)73-25-20-46-11-9-12-48(50(46)36-73)59(80)71-61-69-51-13-6-7-14-52(51)91-61)35-68-75(45)43-64-38-62(2)37-63(3,39-64)41-65(40-62,42-64)90-89-44-72(27-34-92(83,84)85)24-10-22-66-54(76)15-5-4-8-28-86-30-32-88-33-31-87-29-23-67-55(77)21-26-74-56(78)18-19-57(74)79/h6-7,9,11-14,16-19,35H,4-5,8,10,15,20-34,36-44H2,1-3H3,(H,66,76)(H,67,77)(H,81,82)(H,69,71,80)(H,83,84,85). The number of carboxylic acid groups (broad SMARTS) is 1. The van der Waals surface area contributed by atoms with Crippen LogP contribution in [-0.4, -0.2) is 180 Å². The lowest BCUT2D eigenvalue weighted by molar-refractivity contribution is -0.417. The van der Waals surface area contributed by atoms with Gasteiger partial charge in [0, 0.05) is 106 Å². The highest BCUT2D eigenvalue weighted by atomic mass is 32.2. The highest BCUT2D eigenvalue weighted by Gasteiger charge is 2.67. The number of unbranched alkanes of at least 4 members (excludes halogenated alkanes) is 2. The van der Waals surface area contributed by atoms with Gasteiger partial charge in [0.2, 0.25) is 11.8 Å². The monoisotopic (exact) mass is 1310 g/mol. The maximum Gasteiger partial charge on any atom is 0.355 e. The highest BCUT2D eigenvalue weighted by molar-refractivity contribution is 7.85. The number of aromatic carboxylic acids is 1. The molecule has 25 nitrogen and oxygen atoms in total. The topological polar surface area (TPSA) is 313 Å². The van der Waals surface area contributed by atoms with Crippen LogP contribution in [0.25, 0.3) is 21.3 Å². The third-order valence-electron chi connectivity index (χ3n) is 18.0. The average Bonchev–Trinajstić information content (AvgIpc) is 0.850. The molecule has 496 valence electrons. The van der Waals surface area contributed by atoms with E-state index in [0.29, 0.717) is 139 Å². The molecule has 5 N–H and O–H groups in total. The molecule has 5 aromatic rings. The summed E-state index contributed by atoms with van der Waals surface area (Å²) in [5.41, 5.74) is 4.09. The van der Waals surface area contributed by atoms with Gasteiger partial charge in [0.15, 0.2) is 10.8 Å². The van der Waals surface area contributed by atoms with Crippen molar-refractivity contribution in [2.24, 2.45) is 16.2 Å². The lowest BCUT2D eigenvalue weighted by atomic mass is 9.39. The van der Waals surface area contributed by atoms with Crippen molar-refractivity contribution in [3.05, 3.63) is 101 Å². The van der Waals surface area contributed by atoms with Crippen LogP contribution in [0.3, 0.4) is 0 Å². The van der Waals surface area contributed by atoms with Crippen molar-refractivity contribution in [1.29, 1.82) is 0 Å². The molecule has 11 rings (SSSR count). The molecule has 0 saturated heterocycles. The van der Waals surface area contributed by atoms with Gasteiger partial charge in [-0.25, -0.2) is 24.5 Å². The largest absolute Gasteiger partial charge is 0.476 e. The van der Waals surface area contributed by atoms with Crippen molar-refractivity contribution < 1.29 is 70.8 Å². The first-order valence-corrected chi connectivity index (χ1v) is 34.1. The fraction of sp³-hybridized carbons (Fsp3) is 0.554. The van der Waals surface area contributed by atoms with E-state index in [0.717, 1.165) is 76.9 Å². The summed E-state index contributed by atoms with van der Waals surface area (Å²) < 4.78 is 53.1. The Morgan fingerprint density at radius 1 is 0.761 bits per heavy atom. The van der Waals surface area contributed by atoms with E-state index in [1.807, 2.05) is 59.0 Å². The average molecular weight is 1310 g/mol. The molecule has 2 aromatic carbocycles. The van der Waals surface area contributed by atoms with E-state index >= 15 is 0 Å². The number of rotatable bonds is 36. The Morgan fingerprint density at radius 2 is 1.48 bits per heavy atom. The highest BCUT2D eigenvalue weighted by Crippen LogP contribution is 2.72. The van der Waals surface area contributed by atoms with Gasteiger partial charge in [-0.3, -0.25) is 48.3 Å². The summed E-state index contributed by atoms with van der Waals surface area (Å²) in [6.07, 6.45) is 13.0. The molecule has 6 aliphatic rings. The number of amides is 5. The number of hydrogen-bond donors (Lipinski definition) is 5. The number of nitrogens with one attached hydrogen (secondary N) is 3. The number of carbonyl (C=O) groups excluding carboxylic acids is 5. The van der Waals surface area contributed by atoms with E-state index in [-0.39, 0.29) is 65.9 Å². The van der Waals surface area contributed by atoms with Crippen LogP contribution in [0.15, 0.2) is 72.9 Å². The fourth-order valence-electron chi connectivity index (χ4n) is 15.1. The van der Waals surface area contributed by atoms with Gasteiger partial charge in [-0.1, -0.05) is 55.9 Å². The Bertz CT molecular complexity index is 3580. The Hall–Kier alpha value is -7.08. The van der Waals surface area contributed by atoms with Crippen molar-refractivity contribution in [3.63, 3.8) is 0 Å². The van der Waals surface area contributed by atoms with E-state index in [1.54, 1.807) is 23.2 Å². The molecule has 2 unspecified atom stereocenters. The SMILES string of the molecule is Cc1c(-c2ccc(N3CCc4cccc(C(=O)Nc5nc6ccccc6s5)c4C3)nc2C(=O)O)cnn1CC12CC3(C)CC(C)(C1)CC(OOCN(CCCNC(=O)CCCCCOCCOCCOCCNC(=O)CCN1C(=O)C=CC1=O)CCS(=O)(=O)O)(C3)C2. The lowest BCUT2D eigenvalue weighted by Gasteiger charge is -2.68. The molecule has 27 heteroatoms. The van der Waals surface area contributed by atoms with Crippen molar-refractivity contribution in [1.82, 2.24) is 40.2 Å². The van der Waals surface area contributed by atoms with Gasteiger partial charge in [-0.2, -0.15) is 13.5 Å². The van der Waals surface area contributed by atoms with Crippen LogP contribution in [0, 0.1) is 23.2 Å². The van der Waals surface area contributed by atoms with E-state index < -0.39 is 39.3 Å². The normalized spacial score (nSPS) is 21.6. The number of anilines is 2. The number of nitrogens with zero attached hydrogens (tertiary/aromatic N) is 7. The molecule has 2 aliphatic heterocycles. The summed E-state index contributed by atoms with van der Waals surface area (Å²) in [5, 5.41) is 24.8. The number of imide groups is 1. The predicted octanol–water partition coefficient (Wildman–Crippen LogP) is 7.14. The Balaban J connectivity index is 0.649. The van der Waals surface area contributed by atoms with Crippen LogP contribution in [0.2, 0.25) is 0 Å². The Labute approximate surface area is 539 Å². The summed E-state index contributed by atoms with van der Waals surface area (Å²) in [6, 6.07) is 17.1. The number of hydrogen-bond acceptors (Lipinski definition) is 19. The second-order valence-electron chi connectivity index (χ2n) is 25.9. The Kier molecular flexibility index (Phi) is 22.0. The maximum atomic E-state index is 13.8. The molecule has 92 heavy (non-hydrogen) atoms. The van der Waals surface area contributed by atoms with Gasteiger partial charge in [-0.05, 0) is 129 Å². The smallest absolute Gasteiger partial charge is 0.355 e. The number of fused-ring (bicyclic) bond motifs is 2. The second kappa shape index (κ2) is 29.9. The number of thiazole rings is 1. The number of carboxylic acids is 1. The molecule has 2 atom stereocenters. The van der Waals surface area contributed by atoms with E-state index in [9.17, 15) is 46.8 Å². The third kappa shape index (κ3) is 17.6. The molecule has 5 amide bonds. The van der Waals surface area contributed by atoms with Crippen molar-refractivity contribution in [2.45, 2.75) is 123 Å². The van der Waals surface area contributed by atoms with Crippen LogP contribution < -0.4 is 20.9 Å². The molecule has 4 aliphatic carbocycles. The van der Waals surface area contributed by atoms with Gasteiger partial charge >= 0.3 is 5.97 Å². The van der Waals surface area contributed by atoms with Crippen LogP contribution in [0.1, 0.15) is 129 Å². The van der Waals surface area contributed by atoms with E-state index in [4.69, 9.17) is 34.1 Å². The molecular formula is C65H84N10O15S2. The summed E-state index contributed by atoms with van der Waals surface area (Å²) in [7, 11) is -4.28. The summed E-state index contributed by atoms with van der Waals surface area (Å²) in [6.45, 7) is 11.4. The second-order valence-corrected chi connectivity index (χ2v) is 28.5. The van der Waals surface area contributed by atoms with Crippen LogP contribution in [0.4, 0.5) is 10.9 Å². The minimum atomic E-state index is -4.28. The number of carbonyl (C=O) groups is 6. The number of pyridine rings is 1. The number of para-hydroxylation sites is 1. The van der Waals surface area contributed by atoms with E-state index in [2.05, 4.69) is 34.8 Å². The molecule has 4 saturated carbocycles. The molecule has 0 spiro atoms. The lowest BCUT2D eigenvalue weighted by Crippen LogP contribution is -2.64. The zero-order chi connectivity index (χ0) is 65.1. The predicted molar refractivity (Wildman–Crippen MR) is 342 cm³/mol. The Morgan fingerprint density at radius 3 is 2.22 bits per heavy atom. The quantitative estimate of drug-likeness (QED) is 0.00664. The van der Waals surface area contributed by atoms with Crippen molar-refractivity contribution in [2.75, 3.05) is 102 Å². The van der Waals surface area contributed by atoms with Gasteiger partial charge < -0.3 is 34.9 Å². The molecule has 0 radical (unpaired) electrons. The van der Waals surface area contributed by atoms with Crippen molar-refractivity contribution >= 4 is 78.1 Å². The zero-order valence-corrected chi connectivity index (χ0v) is 54.2. The molecule has 4 bridgehead atoms. The van der Waals surface area contributed by atoms with Gasteiger partial charge in [0.25, 0.3) is 27.8 Å². The van der Waals surface area contributed by atoms with E-state index in [1.165, 1.54) is 23.5 Å². The first-order chi connectivity index (χ1) is 44.1. The minimum Gasteiger partial charge on any atom is -0.476 e. The minimum absolute atomic E-state index is 0.00598. The third-order valence-corrected chi connectivity index (χ3v) is 19.7. The summed E-state index contributed by atoms with van der Waals surface area (Å²) >= 11 is 1.41. The van der Waals surface area contributed by atoms with Gasteiger partial charge in [0.1, 0.15) is 18.1 Å². The zero-order valence-electron chi connectivity index (χ0n) is 52.6. The molecule has 4 fully saturated rings. The summed E-state index contributed by atoms with van der Waals surface area (Å²) in [4.78, 5) is 102. The fourth-order valence-corrected chi connectivity index (χ4v) is 16.5. The number of ether oxygens (including phenoxy) is 3. The first kappa shape index (κ1) is 67.8. The number of benzene rings is 2.